The van der Waals surface area contributed by atoms with E-state index in [4.69, 9.17) is 0 Å². The van der Waals surface area contributed by atoms with Crippen molar-refractivity contribution >= 4 is 54.7 Å². The van der Waals surface area contributed by atoms with Gasteiger partial charge in [0.1, 0.15) is 0 Å². The second-order valence-electron chi connectivity index (χ2n) is 9.81. The molecular weight excluding hydrogens is 573 g/mol. The molecule has 0 atom stereocenters. The van der Waals surface area contributed by atoms with Crippen LogP contribution < -0.4 is 15.5 Å². The zero-order valence-corrected chi connectivity index (χ0v) is 25.8. The van der Waals surface area contributed by atoms with E-state index in [2.05, 4.69) is 46.8 Å². The number of aryl methyl sites for hydroxylation is 1. The van der Waals surface area contributed by atoms with E-state index in [1.165, 1.54) is 11.1 Å². The summed E-state index contributed by atoms with van der Waals surface area (Å²) in [4.78, 5) is 28.3. The average Bonchev–Trinajstić information content (AvgIpc) is 3.56. The Balaban J connectivity index is 0.00000267. The number of aromatic amines is 1. The van der Waals surface area contributed by atoms with Gasteiger partial charge in [0, 0.05) is 56.7 Å². The van der Waals surface area contributed by atoms with E-state index in [-0.39, 0.29) is 62.1 Å². The van der Waals surface area contributed by atoms with E-state index >= 15 is 0 Å². The van der Waals surface area contributed by atoms with Crippen molar-refractivity contribution in [2.75, 3.05) is 38.1 Å². The monoisotopic (exact) mass is 611 g/mol. The van der Waals surface area contributed by atoms with Gasteiger partial charge in [0.2, 0.25) is 5.91 Å². The van der Waals surface area contributed by atoms with E-state index in [1.807, 2.05) is 53.4 Å². The second kappa shape index (κ2) is 16.4. The van der Waals surface area contributed by atoms with Crippen molar-refractivity contribution in [3.8, 4) is 11.1 Å². The fourth-order valence-electron chi connectivity index (χ4n) is 4.51. The highest BCUT2D eigenvalue weighted by molar-refractivity contribution is 5.87. The summed E-state index contributed by atoms with van der Waals surface area (Å²) >= 11 is 0. The number of nitrogens with one attached hydrogen (secondary N) is 3. The van der Waals surface area contributed by atoms with Gasteiger partial charge in [-0.25, -0.2) is 5.01 Å². The van der Waals surface area contributed by atoms with Gasteiger partial charge < -0.3 is 15.5 Å². The van der Waals surface area contributed by atoms with Crippen LogP contribution in [0.1, 0.15) is 30.5 Å². The fourth-order valence-corrected chi connectivity index (χ4v) is 4.51. The lowest BCUT2D eigenvalue weighted by molar-refractivity contribution is -0.145. The number of carbonyl (C=O) groups excluding carboxylic acids is 2. The molecule has 4 rings (SSSR count). The van der Waals surface area contributed by atoms with E-state index in [9.17, 15) is 9.59 Å². The van der Waals surface area contributed by atoms with Crippen LogP contribution in [0.4, 0.5) is 5.69 Å². The zero-order valence-electron chi connectivity index (χ0n) is 23.3. The van der Waals surface area contributed by atoms with Crippen LogP contribution in [0.15, 0.2) is 54.9 Å². The van der Waals surface area contributed by atoms with Gasteiger partial charge in [-0.05, 0) is 35.2 Å². The number of amides is 2. The molecule has 0 radical (unpaired) electrons. The van der Waals surface area contributed by atoms with E-state index in [1.54, 1.807) is 18.3 Å². The van der Waals surface area contributed by atoms with Crippen molar-refractivity contribution in [2.45, 2.75) is 39.9 Å². The summed E-state index contributed by atoms with van der Waals surface area (Å²) in [5.41, 5.74) is 6.22. The van der Waals surface area contributed by atoms with Crippen LogP contribution in [-0.2, 0) is 22.7 Å². The van der Waals surface area contributed by atoms with Crippen LogP contribution in [0.3, 0.4) is 0 Å². The molecule has 2 amide bonds. The van der Waals surface area contributed by atoms with Gasteiger partial charge in [-0.15, -0.1) is 37.2 Å². The SMILES string of the molecule is Cc1ccc(-c2cn[nH]c2)cc1N(CC(=O)NCCNC(C)C)CC(=O)N(C)N1Cc2ccccc2C1.Cl.Cl.Cl. The third-order valence-electron chi connectivity index (χ3n) is 6.65. The molecule has 0 spiro atoms. The summed E-state index contributed by atoms with van der Waals surface area (Å²) in [6.07, 6.45) is 3.59. The number of hydrazine groups is 1. The number of H-pyrrole nitrogens is 1. The van der Waals surface area contributed by atoms with Gasteiger partial charge in [0.05, 0.1) is 19.3 Å². The summed E-state index contributed by atoms with van der Waals surface area (Å²) in [6.45, 7) is 8.90. The van der Waals surface area contributed by atoms with Gasteiger partial charge in [0.25, 0.3) is 5.91 Å². The lowest BCUT2D eigenvalue weighted by Crippen LogP contribution is -2.48. The van der Waals surface area contributed by atoms with Crippen LogP contribution in [0, 0.1) is 6.92 Å². The Morgan fingerprint density at radius 2 is 1.68 bits per heavy atom. The molecule has 0 unspecified atom stereocenters. The number of hydrogen-bond acceptors (Lipinski definition) is 6. The summed E-state index contributed by atoms with van der Waals surface area (Å²) in [5, 5.41) is 16.9. The molecule has 2 heterocycles. The second-order valence-corrected chi connectivity index (χ2v) is 9.81. The van der Waals surface area contributed by atoms with Crippen molar-refractivity contribution < 1.29 is 9.59 Å². The molecule has 0 saturated carbocycles. The number of aromatic nitrogens is 2. The largest absolute Gasteiger partial charge is 0.353 e. The van der Waals surface area contributed by atoms with Gasteiger partial charge in [-0.2, -0.15) is 5.10 Å². The maximum Gasteiger partial charge on any atom is 0.256 e. The molecule has 3 aromatic rings. The zero-order chi connectivity index (χ0) is 26.4. The number of fused-ring (bicyclic) bond motifs is 1. The molecule has 1 aliphatic rings. The number of benzene rings is 2. The van der Waals surface area contributed by atoms with E-state index in [0.29, 0.717) is 32.2 Å². The Morgan fingerprint density at radius 3 is 2.27 bits per heavy atom. The molecule has 9 nitrogen and oxygen atoms in total. The Morgan fingerprint density at radius 1 is 1.00 bits per heavy atom. The molecule has 0 saturated heterocycles. The average molecular weight is 613 g/mol. The molecular formula is C28H40Cl3N7O2. The summed E-state index contributed by atoms with van der Waals surface area (Å²) in [6, 6.07) is 14.7. The predicted octanol–water partition coefficient (Wildman–Crippen LogP) is 3.96. The van der Waals surface area contributed by atoms with Gasteiger partial charge in [-0.3, -0.25) is 19.7 Å². The lowest BCUT2D eigenvalue weighted by atomic mass is 10.0. The molecule has 1 aliphatic heterocycles. The maximum absolute atomic E-state index is 13.5. The van der Waals surface area contributed by atoms with Crippen LogP contribution in [0.5, 0.6) is 0 Å². The third kappa shape index (κ3) is 9.11. The number of rotatable bonds is 11. The third-order valence-corrected chi connectivity index (χ3v) is 6.65. The summed E-state index contributed by atoms with van der Waals surface area (Å²) in [7, 11) is 1.80. The number of carbonyl (C=O) groups is 2. The van der Waals surface area contributed by atoms with Crippen LogP contribution in [0.25, 0.3) is 11.1 Å². The van der Waals surface area contributed by atoms with E-state index in [0.717, 1.165) is 22.4 Å². The standard InChI is InChI=1S/C28H37N7O2.3ClH/c1-20(2)29-11-12-30-27(36)18-34(26-13-22(10-9-21(26)3)25-14-31-32-15-25)19-28(37)33(4)35-16-23-7-5-6-8-24(23)17-35;;;/h5-10,13-15,20,29H,11-12,16-19H2,1-4H3,(H,30,36)(H,31,32);3*1H. The Bertz CT molecular complexity index is 1200. The molecule has 40 heavy (non-hydrogen) atoms. The van der Waals surface area contributed by atoms with Crippen molar-refractivity contribution in [3.05, 3.63) is 71.5 Å². The predicted molar refractivity (Wildman–Crippen MR) is 167 cm³/mol. The normalized spacial score (nSPS) is 12.0. The molecule has 220 valence electrons. The smallest absolute Gasteiger partial charge is 0.256 e. The Kier molecular flexibility index (Phi) is 14.5. The summed E-state index contributed by atoms with van der Waals surface area (Å²) < 4.78 is 0. The molecule has 0 fully saturated rings. The molecule has 2 aromatic carbocycles. The Hall–Kier alpha value is -2.82. The highest BCUT2D eigenvalue weighted by Gasteiger charge is 2.27. The van der Waals surface area contributed by atoms with E-state index < -0.39 is 0 Å². The van der Waals surface area contributed by atoms with Gasteiger partial charge in [0.15, 0.2) is 0 Å². The molecule has 0 bridgehead atoms. The first kappa shape index (κ1) is 35.2. The lowest BCUT2D eigenvalue weighted by Gasteiger charge is -2.32. The fraction of sp³-hybridized carbons (Fsp3) is 0.393. The van der Waals surface area contributed by atoms with Gasteiger partial charge >= 0.3 is 0 Å². The minimum absolute atomic E-state index is 0. The first-order chi connectivity index (χ1) is 17.8. The van der Waals surface area contributed by atoms with Gasteiger partial charge in [-0.1, -0.05) is 50.2 Å². The number of nitrogens with zero attached hydrogens (tertiary/aromatic N) is 4. The Labute approximate surface area is 255 Å². The summed E-state index contributed by atoms with van der Waals surface area (Å²) in [5.74, 6) is -0.196. The number of likely N-dealkylation sites (N-methyl/N-ethyl adjacent to an activating group) is 1. The first-order valence-electron chi connectivity index (χ1n) is 12.7. The van der Waals surface area contributed by atoms with Crippen molar-refractivity contribution in [2.24, 2.45) is 0 Å². The van der Waals surface area contributed by atoms with Crippen LogP contribution in [0.2, 0.25) is 0 Å². The minimum Gasteiger partial charge on any atom is -0.353 e. The van der Waals surface area contributed by atoms with Crippen molar-refractivity contribution in [3.63, 3.8) is 0 Å². The molecule has 12 heteroatoms. The quantitative estimate of drug-likeness (QED) is 0.284. The van der Waals surface area contributed by atoms with Crippen molar-refractivity contribution in [1.29, 1.82) is 0 Å². The first-order valence-corrected chi connectivity index (χ1v) is 12.7. The highest BCUT2D eigenvalue weighted by Crippen LogP contribution is 2.28. The number of halogens is 3. The van der Waals surface area contributed by atoms with Crippen LogP contribution >= 0.6 is 37.2 Å². The van der Waals surface area contributed by atoms with Crippen LogP contribution in [-0.4, -0.2) is 71.3 Å². The van der Waals surface area contributed by atoms with Crippen molar-refractivity contribution in [1.82, 2.24) is 30.8 Å². The number of hydrogen-bond donors (Lipinski definition) is 3. The molecule has 1 aromatic heterocycles. The topological polar surface area (TPSA) is 96.6 Å². The highest BCUT2D eigenvalue weighted by atomic mass is 35.5. The maximum atomic E-state index is 13.5. The molecule has 3 N–H and O–H groups in total. The minimum atomic E-state index is -0.122. The number of anilines is 1. The molecule has 0 aliphatic carbocycles.